The highest BCUT2D eigenvalue weighted by atomic mass is 16.1. The molecule has 0 unspecified atom stereocenters. The van der Waals surface area contributed by atoms with Gasteiger partial charge in [-0.05, 0) is 61.4 Å². The molecule has 0 aliphatic heterocycles. The number of aryl methyl sites for hydroxylation is 3. The zero-order chi connectivity index (χ0) is 18.0. The molecule has 25 heavy (non-hydrogen) atoms. The lowest BCUT2D eigenvalue weighted by atomic mass is 10.1. The summed E-state index contributed by atoms with van der Waals surface area (Å²) in [7, 11) is 1.78. The molecule has 2 aromatic carbocycles. The smallest absolute Gasteiger partial charge is 0.255 e. The molecule has 0 saturated carbocycles. The van der Waals surface area contributed by atoms with Gasteiger partial charge in [-0.3, -0.25) is 9.59 Å². The Labute approximate surface area is 146 Å². The fraction of sp³-hybridized carbons (Fsp3) is 0.150. The second-order valence-corrected chi connectivity index (χ2v) is 6.02. The fourth-order valence-electron chi connectivity index (χ4n) is 2.50. The first-order valence-corrected chi connectivity index (χ1v) is 7.96. The fourth-order valence-corrected chi connectivity index (χ4v) is 2.50. The van der Waals surface area contributed by atoms with Crippen LogP contribution in [0.3, 0.4) is 0 Å². The van der Waals surface area contributed by atoms with Crippen molar-refractivity contribution in [3.8, 4) is 0 Å². The molecule has 5 nitrogen and oxygen atoms in total. The summed E-state index contributed by atoms with van der Waals surface area (Å²) in [4.78, 5) is 28.8. The lowest BCUT2D eigenvalue weighted by Crippen LogP contribution is -2.13. The average Bonchev–Trinajstić information content (AvgIpc) is 3.03. The largest absolute Gasteiger partial charge is 0.331 e. The maximum Gasteiger partial charge on any atom is 0.255 e. The van der Waals surface area contributed by atoms with Crippen LogP contribution in [0, 0.1) is 13.8 Å². The third-order valence-corrected chi connectivity index (χ3v) is 4.20. The van der Waals surface area contributed by atoms with E-state index in [4.69, 9.17) is 0 Å². The van der Waals surface area contributed by atoms with E-state index in [1.165, 1.54) is 0 Å². The first kappa shape index (κ1) is 16.6. The quantitative estimate of drug-likeness (QED) is 0.743. The highest BCUT2D eigenvalue weighted by Gasteiger charge is 2.14. The summed E-state index contributed by atoms with van der Waals surface area (Å²) in [5.41, 5.74) is 3.99. The van der Waals surface area contributed by atoms with Crippen molar-refractivity contribution in [2.75, 3.05) is 5.32 Å². The normalized spacial score (nSPS) is 10.5. The predicted molar refractivity (Wildman–Crippen MR) is 97.0 cm³/mol. The van der Waals surface area contributed by atoms with Crippen LogP contribution in [0.5, 0.6) is 0 Å². The predicted octanol–water partition coefficient (Wildman–Crippen LogP) is 3.52. The maximum atomic E-state index is 12.4. The van der Waals surface area contributed by atoms with Crippen molar-refractivity contribution < 1.29 is 9.59 Å². The van der Waals surface area contributed by atoms with Gasteiger partial charge in [0.1, 0.15) is 0 Å². The third-order valence-electron chi connectivity index (χ3n) is 4.20. The Balaban J connectivity index is 1.74. The van der Waals surface area contributed by atoms with Gasteiger partial charge < -0.3 is 9.88 Å². The van der Waals surface area contributed by atoms with Gasteiger partial charge in [-0.25, -0.2) is 4.98 Å². The molecule has 1 aromatic heterocycles. The number of nitrogens with one attached hydrogen (secondary N) is 1. The van der Waals surface area contributed by atoms with Crippen molar-refractivity contribution in [2.24, 2.45) is 7.05 Å². The van der Waals surface area contributed by atoms with Gasteiger partial charge in [0.05, 0.1) is 0 Å². The van der Waals surface area contributed by atoms with Crippen molar-refractivity contribution in [2.45, 2.75) is 13.8 Å². The first-order chi connectivity index (χ1) is 12.0. The monoisotopic (exact) mass is 333 g/mol. The van der Waals surface area contributed by atoms with Crippen molar-refractivity contribution in [1.82, 2.24) is 9.55 Å². The molecule has 1 heterocycles. The van der Waals surface area contributed by atoms with Crippen molar-refractivity contribution in [3.63, 3.8) is 0 Å². The number of nitrogens with zero attached hydrogens (tertiary/aromatic N) is 2. The zero-order valence-corrected chi connectivity index (χ0v) is 14.4. The number of carbonyl (C=O) groups is 2. The molecular weight excluding hydrogens is 314 g/mol. The van der Waals surface area contributed by atoms with Crippen molar-refractivity contribution >= 4 is 17.4 Å². The van der Waals surface area contributed by atoms with Gasteiger partial charge in [0, 0.05) is 36.3 Å². The van der Waals surface area contributed by atoms with Gasteiger partial charge in [0.15, 0.2) is 5.82 Å². The van der Waals surface area contributed by atoms with Gasteiger partial charge in [0.2, 0.25) is 5.78 Å². The SMILES string of the molecule is Cc1ccc(C(=O)Nc2ccc(C(=O)c3nccn3C)cc2)cc1C. The van der Waals surface area contributed by atoms with Crippen LogP contribution in [0.25, 0.3) is 0 Å². The summed E-state index contributed by atoms with van der Waals surface area (Å²) >= 11 is 0. The topological polar surface area (TPSA) is 64.0 Å². The Kier molecular flexibility index (Phi) is 4.48. The molecule has 1 N–H and O–H groups in total. The van der Waals surface area contributed by atoms with Crippen LogP contribution >= 0.6 is 0 Å². The number of carbonyl (C=O) groups excluding carboxylic acids is 2. The summed E-state index contributed by atoms with van der Waals surface area (Å²) in [6, 6.07) is 12.4. The van der Waals surface area contributed by atoms with Crippen LogP contribution in [0.15, 0.2) is 54.9 Å². The Morgan fingerprint density at radius 3 is 2.24 bits per heavy atom. The number of amides is 1. The number of aromatic nitrogens is 2. The van der Waals surface area contributed by atoms with Crippen LogP contribution < -0.4 is 5.32 Å². The molecule has 0 fully saturated rings. The summed E-state index contributed by atoms with van der Waals surface area (Å²) in [6.45, 7) is 3.98. The Bertz CT molecular complexity index is 940. The van der Waals surface area contributed by atoms with Gasteiger partial charge >= 0.3 is 0 Å². The van der Waals surface area contributed by atoms with Gasteiger partial charge in [-0.15, -0.1) is 0 Å². The van der Waals surface area contributed by atoms with E-state index in [2.05, 4.69) is 10.3 Å². The molecule has 1 amide bonds. The third kappa shape index (κ3) is 3.50. The maximum absolute atomic E-state index is 12.4. The zero-order valence-electron chi connectivity index (χ0n) is 14.4. The number of ketones is 1. The summed E-state index contributed by atoms with van der Waals surface area (Å²) in [6.07, 6.45) is 3.32. The second-order valence-electron chi connectivity index (χ2n) is 6.02. The molecule has 0 bridgehead atoms. The van der Waals surface area contributed by atoms with Crippen LogP contribution in [0.1, 0.15) is 37.7 Å². The molecule has 0 aliphatic rings. The number of hydrogen-bond donors (Lipinski definition) is 1. The molecule has 0 spiro atoms. The molecule has 126 valence electrons. The van der Waals surface area contributed by atoms with Crippen molar-refractivity contribution in [3.05, 3.63) is 82.9 Å². The molecule has 3 aromatic rings. The summed E-state index contributed by atoms with van der Waals surface area (Å²) in [5, 5.41) is 2.85. The van der Waals surface area contributed by atoms with E-state index in [1.54, 1.807) is 54.3 Å². The van der Waals surface area contributed by atoms with E-state index in [9.17, 15) is 9.59 Å². The van der Waals surface area contributed by atoms with Gasteiger partial charge in [0.25, 0.3) is 5.91 Å². The first-order valence-electron chi connectivity index (χ1n) is 7.96. The number of hydrogen-bond acceptors (Lipinski definition) is 3. The minimum atomic E-state index is -0.175. The van der Waals surface area contributed by atoms with Crippen molar-refractivity contribution in [1.29, 1.82) is 0 Å². The van der Waals surface area contributed by atoms with Crippen LogP contribution in [-0.4, -0.2) is 21.2 Å². The lowest BCUT2D eigenvalue weighted by Gasteiger charge is -2.08. The Morgan fingerprint density at radius 1 is 0.960 bits per heavy atom. The van der Waals surface area contributed by atoms with Gasteiger partial charge in [-0.2, -0.15) is 0 Å². The van der Waals surface area contributed by atoms with Crippen LogP contribution in [0.4, 0.5) is 5.69 Å². The number of benzene rings is 2. The molecule has 0 saturated heterocycles. The molecule has 0 aliphatic carbocycles. The van der Waals surface area contributed by atoms with Gasteiger partial charge in [-0.1, -0.05) is 6.07 Å². The summed E-state index contributed by atoms with van der Waals surface area (Å²) < 4.78 is 1.68. The van der Waals surface area contributed by atoms with E-state index in [0.29, 0.717) is 22.6 Å². The molecule has 5 heteroatoms. The van der Waals surface area contributed by atoms with E-state index in [-0.39, 0.29) is 11.7 Å². The molecular formula is C20H19N3O2. The molecule has 3 rings (SSSR count). The minimum absolute atomic E-state index is 0.153. The second kappa shape index (κ2) is 6.73. The lowest BCUT2D eigenvalue weighted by molar-refractivity contribution is 0.102. The van der Waals surface area contributed by atoms with E-state index in [0.717, 1.165) is 11.1 Å². The van der Waals surface area contributed by atoms with Crippen LogP contribution in [0.2, 0.25) is 0 Å². The Hall–Kier alpha value is -3.21. The number of imidazole rings is 1. The van der Waals surface area contributed by atoms with E-state index in [1.807, 2.05) is 26.0 Å². The minimum Gasteiger partial charge on any atom is -0.331 e. The van der Waals surface area contributed by atoms with Crippen LogP contribution in [-0.2, 0) is 7.05 Å². The standard InChI is InChI=1S/C20H19N3O2/c1-13-4-5-16(12-14(13)2)20(25)22-17-8-6-15(7-9-17)18(24)19-21-10-11-23(19)3/h4-12H,1-3H3,(H,22,25). The Morgan fingerprint density at radius 2 is 1.64 bits per heavy atom. The molecule has 0 atom stereocenters. The summed E-state index contributed by atoms with van der Waals surface area (Å²) in [5.74, 6) is 0.0535. The highest BCUT2D eigenvalue weighted by molar-refractivity contribution is 6.07. The molecule has 0 radical (unpaired) electrons. The average molecular weight is 333 g/mol. The number of anilines is 1. The van der Waals surface area contributed by atoms with E-state index < -0.39 is 0 Å². The van der Waals surface area contributed by atoms with E-state index >= 15 is 0 Å². The highest BCUT2D eigenvalue weighted by Crippen LogP contribution is 2.15. The number of rotatable bonds is 4.